The first kappa shape index (κ1) is 18.1. The molecule has 0 aromatic heterocycles. The monoisotopic (exact) mass is 363 g/mol. The van der Waals surface area contributed by atoms with E-state index in [2.05, 4.69) is 12.2 Å². The van der Waals surface area contributed by atoms with Crippen LogP contribution in [0.25, 0.3) is 0 Å². The van der Waals surface area contributed by atoms with Gasteiger partial charge in [0.1, 0.15) is 0 Å². The largest absolute Gasteiger partial charge is 0.366 e. The average Bonchev–Trinajstić information content (AvgIpc) is 2.67. The Labute approximate surface area is 150 Å². The summed E-state index contributed by atoms with van der Waals surface area (Å²) in [6, 6.07) is 9.51. The first-order valence-electron chi connectivity index (χ1n) is 8.53. The quantitative estimate of drug-likeness (QED) is 0.836. The summed E-state index contributed by atoms with van der Waals surface area (Å²) in [5, 5.41) is 2.83. The van der Waals surface area contributed by atoms with Gasteiger partial charge in [-0.05, 0) is 36.2 Å². The lowest BCUT2D eigenvalue weighted by Crippen LogP contribution is -2.50. The standard InChI is InChI=1S/C19H20F3N3O/c1-2-13-3-5-14(6-4-13)23-19(26)25-11-9-24(10-12-25)16-8-7-15(20)17(21)18(16)22/h3-8H,2,9-12H2,1H3,(H,23,26). The van der Waals surface area contributed by atoms with Crippen LogP contribution in [0.3, 0.4) is 0 Å². The van der Waals surface area contributed by atoms with Crippen molar-refractivity contribution in [1.29, 1.82) is 0 Å². The highest BCUT2D eigenvalue weighted by Gasteiger charge is 2.24. The summed E-state index contributed by atoms with van der Waals surface area (Å²) in [6.45, 7) is 3.45. The molecule has 0 unspecified atom stereocenters. The Balaban J connectivity index is 1.59. The molecule has 1 heterocycles. The molecular weight excluding hydrogens is 343 g/mol. The molecule has 1 aliphatic heterocycles. The molecule has 1 fully saturated rings. The Morgan fingerprint density at radius 2 is 1.62 bits per heavy atom. The van der Waals surface area contributed by atoms with E-state index >= 15 is 0 Å². The van der Waals surface area contributed by atoms with Crippen molar-refractivity contribution in [1.82, 2.24) is 4.90 Å². The van der Waals surface area contributed by atoms with Crippen molar-refractivity contribution < 1.29 is 18.0 Å². The predicted molar refractivity (Wildman–Crippen MR) is 94.9 cm³/mol. The topological polar surface area (TPSA) is 35.6 Å². The highest BCUT2D eigenvalue weighted by atomic mass is 19.2. The number of nitrogens with one attached hydrogen (secondary N) is 1. The zero-order valence-electron chi connectivity index (χ0n) is 14.4. The molecule has 0 radical (unpaired) electrons. The summed E-state index contributed by atoms with van der Waals surface area (Å²) in [7, 11) is 0. The third kappa shape index (κ3) is 3.76. The molecule has 2 aromatic rings. The fourth-order valence-corrected chi connectivity index (χ4v) is 2.94. The fraction of sp³-hybridized carbons (Fsp3) is 0.316. The number of aryl methyl sites for hydroxylation is 1. The number of amides is 2. The van der Waals surface area contributed by atoms with Gasteiger partial charge in [-0.15, -0.1) is 0 Å². The second kappa shape index (κ2) is 7.68. The average molecular weight is 363 g/mol. The van der Waals surface area contributed by atoms with Crippen LogP contribution in [0.15, 0.2) is 36.4 Å². The van der Waals surface area contributed by atoms with Crippen LogP contribution in [0.1, 0.15) is 12.5 Å². The fourth-order valence-electron chi connectivity index (χ4n) is 2.94. The molecule has 26 heavy (non-hydrogen) atoms. The number of hydrogen-bond acceptors (Lipinski definition) is 2. The minimum absolute atomic E-state index is 0.0131. The van der Waals surface area contributed by atoms with E-state index in [1.165, 1.54) is 11.6 Å². The minimum Gasteiger partial charge on any atom is -0.366 e. The molecule has 2 amide bonds. The molecule has 0 bridgehead atoms. The van der Waals surface area contributed by atoms with E-state index in [9.17, 15) is 18.0 Å². The maximum atomic E-state index is 13.9. The van der Waals surface area contributed by atoms with E-state index in [-0.39, 0.29) is 11.7 Å². The van der Waals surface area contributed by atoms with Gasteiger partial charge < -0.3 is 15.1 Å². The van der Waals surface area contributed by atoms with Gasteiger partial charge in [0, 0.05) is 31.9 Å². The normalized spacial score (nSPS) is 14.5. The zero-order valence-corrected chi connectivity index (χ0v) is 14.4. The number of carbonyl (C=O) groups excluding carboxylic acids is 1. The Kier molecular flexibility index (Phi) is 5.35. The van der Waals surface area contributed by atoms with Gasteiger partial charge in [-0.3, -0.25) is 0 Å². The first-order valence-corrected chi connectivity index (χ1v) is 8.53. The lowest BCUT2D eigenvalue weighted by atomic mass is 10.1. The predicted octanol–water partition coefficient (Wildman–Crippen LogP) is 4.02. The number of urea groups is 1. The van der Waals surface area contributed by atoms with E-state index in [1.54, 1.807) is 9.80 Å². The van der Waals surface area contributed by atoms with E-state index in [0.29, 0.717) is 31.9 Å². The van der Waals surface area contributed by atoms with Crippen LogP contribution in [0, 0.1) is 17.5 Å². The van der Waals surface area contributed by atoms with Crippen LogP contribution in [0.4, 0.5) is 29.3 Å². The van der Waals surface area contributed by atoms with Crippen molar-refractivity contribution in [3.63, 3.8) is 0 Å². The molecule has 0 atom stereocenters. The maximum absolute atomic E-state index is 13.9. The highest BCUT2D eigenvalue weighted by molar-refractivity contribution is 5.89. The van der Waals surface area contributed by atoms with E-state index in [4.69, 9.17) is 0 Å². The number of rotatable bonds is 3. The molecule has 2 aromatic carbocycles. The number of benzene rings is 2. The number of piperazine rings is 1. The van der Waals surface area contributed by atoms with Crippen molar-refractivity contribution >= 4 is 17.4 Å². The van der Waals surface area contributed by atoms with Gasteiger partial charge in [-0.1, -0.05) is 19.1 Å². The lowest BCUT2D eigenvalue weighted by molar-refractivity contribution is 0.208. The summed E-state index contributed by atoms with van der Waals surface area (Å²) in [4.78, 5) is 15.6. The number of halogens is 3. The smallest absolute Gasteiger partial charge is 0.321 e. The van der Waals surface area contributed by atoms with E-state index < -0.39 is 17.5 Å². The Bertz CT molecular complexity index is 787. The summed E-state index contributed by atoms with van der Waals surface area (Å²) in [5.41, 5.74) is 1.91. The Morgan fingerprint density at radius 3 is 2.23 bits per heavy atom. The third-order valence-corrected chi connectivity index (χ3v) is 4.54. The summed E-state index contributed by atoms with van der Waals surface area (Å²) in [6.07, 6.45) is 0.927. The van der Waals surface area contributed by atoms with Gasteiger partial charge in [-0.25, -0.2) is 18.0 Å². The number of nitrogens with zero attached hydrogens (tertiary/aromatic N) is 2. The molecule has 7 heteroatoms. The summed E-state index contributed by atoms with van der Waals surface area (Å²) < 4.78 is 40.4. The zero-order chi connectivity index (χ0) is 18.7. The number of anilines is 2. The van der Waals surface area contributed by atoms with Gasteiger partial charge in [-0.2, -0.15) is 0 Å². The molecule has 0 saturated carbocycles. The van der Waals surface area contributed by atoms with Gasteiger partial charge in [0.05, 0.1) is 5.69 Å². The molecule has 0 spiro atoms. The van der Waals surface area contributed by atoms with Crippen molar-refractivity contribution in [2.75, 3.05) is 36.4 Å². The lowest BCUT2D eigenvalue weighted by Gasteiger charge is -2.36. The van der Waals surface area contributed by atoms with Crippen LogP contribution < -0.4 is 10.2 Å². The van der Waals surface area contributed by atoms with Gasteiger partial charge in [0.25, 0.3) is 0 Å². The highest BCUT2D eigenvalue weighted by Crippen LogP contribution is 2.24. The molecule has 0 aliphatic carbocycles. The number of carbonyl (C=O) groups is 1. The molecule has 1 N–H and O–H groups in total. The third-order valence-electron chi connectivity index (χ3n) is 4.54. The van der Waals surface area contributed by atoms with Crippen molar-refractivity contribution in [2.24, 2.45) is 0 Å². The second-order valence-electron chi connectivity index (χ2n) is 6.15. The van der Waals surface area contributed by atoms with Gasteiger partial charge >= 0.3 is 6.03 Å². The Hall–Kier alpha value is -2.70. The van der Waals surface area contributed by atoms with E-state index in [0.717, 1.165) is 12.5 Å². The van der Waals surface area contributed by atoms with Crippen molar-refractivity contribution in [3.8, 4) is 0 Å². The maximum Gasteiger partial charge on any atom is 0.321 e. The molecular formula is C19H20F3N3O. The molecule has 4 nitrogen and oxygen atoms in total. The van der Waals surface area contributed by atoms with E-state index in [1.807, 2.05) is 24.3 Å². The van der Waals surface area contributed by atoms with Gasteiger partial charge in [0.2, 0.25) is 0 Å². The van der Waals surface area contributed by atoms with Crippen LogP contribution >= 0.6 is 0 Å². The molecule has 1 saturated heterocycles. The summed E-state index contributed by atoms with van der Waals surface area (Å²) >= 11 is 0. The van der Waals surface area contributed by atoms with Gasteiger partial charge in [0.15, 0.2) is 17.5 Å². The van der Waals surface area contributed by atoms with Crippen LogP contribution in [-0.4, -0.2) is 37.1 Å². The van der Waals surface area contributed by atoms with Crippen molar-refractivity contribution in [2.45, 2.75) is 13.3 Å². The molecule has 138 valence electrons. The van der Waals surface area contributed by atoms with Crippen LogP contribution in [-0.2, 0) is 6.42 Å². The number of hydrogen-bond donors (Lipinski definition) is 1. The minimum atomic E-state index is -1.47. The second-order valence-corrected chi connectivity index (χ2v) is 6.15. The molecule has 1 aliphatic rings. The van der Waals surface area contributed by atoms with Crippen molar-refractivity contribution in [3.05, 3.63) is 59.4 Å². The Morgan fingerprint density at radius 1 is 0.962 bits per heavy atom. The first-order chi connectivity index (χ1) is 12.5. The van der Waals surface area contributed by atoms with Crippen LogP contribution in [0.2, 0.25) is 0 Å². The van der Waals surface area contributed by atoms with Crippen LogP contribution in [0.5, 0.6) is 0 Å². The SMILES string of the molecule is CCc1ccc(NC(=O)N2CCN(c3ccc(F)c(F)c3F)CC2)cc1. The molecule has 3 rings (SSSR count). The summed E-state index contributed by atoms with van der Waals surface area (Å²) in [5.74, 6) is -3.88.